The summed E-state index contributed by atoms with van der Waals surface area (Å²) in [6.07, 6.45) is 0. The van der Waals surface area contributed by atoms with Crippen LogP contribution in [-0.2, 0) is 13.2 Å². The molecule has 5 nitrogen and oxygen atoms in total. The maximum Gasteiger partial charge on any atom is 0.335 e. The molecule has 0 aliphatic carbocycles. The average Bonchev–Trinajstić information content (AvgIpc) is 2.72. The van der Waals surface area contributed by atoms with Crippen molar-refractivity contribution in [1.82, 2.24) is 0 Å². The molecule has 150 valence electrons. The van der Waals surface area contributed by atoms with Gasteiger partial charge < -0.3 is 19.9 Å². The molecule has 29 heavy (non-hydrogen) atoms. The van der Waals surface area contributed by atoms with Crippen molar-refractivity contribution in [2.75, 3.05) is 12.4 Å². The van der Waals surface area contributed by atoms with Gasteiger partial charge in [-0.15, -0.1) is 0 Å². The third kappa shape index (κ3) is 5.42. The molecule has 6 heteroatoms. The summed E-state index contributed by atoms with van der Waals surface area (Å²) in [7, 11) is 1.60. The van der Waals surface area contributed by atoms with E-state index in [1.807, 2.05) is 37.3 Å². The Labute approximate surface area is 174 Å². The Balaban J connectivity index is 1.68. The van der Waals surface area contributed by atoms with Crippen molar-refractivity contribution in [3.8, 4) is 11.5 Å². The lowest BCUT2D eigenvalue weighted by atomic mass is 10.1. The van der Waals surface area contributed by atoms with Crippen molar-refractivity contribution < 1.29 is 19.4 Å². The number of rotatable bonds is 8. The predicted molar refractivity (Wildman–Crippen MR) is 114 cm³/mol. The number of aryl methyl sites for hydroxylation is 1. The highest BCUT2D eigenvalue weighted by molar-refractivity contribution is 6.33. The Kier molecular flexibility index (Phi) is 6.62. The number of ether oxygens (including phenoxy) is 2. The van der Waals surface area contributed by atoms with Crippen LogP contribution in [0.1, 0.15) is 27.0 Å². The van der Waals surface area contributed by atoms with Crippen LogP contribution in [0.25, 0.3) is 0 Å². The molecule has 3 rings (SSSR count). The van der Waals surface area contributed by atoms with Gasteiger partial charge in [0.1, 0.15) is 6.61 Å². The van der Waals surface area contributed by atoms with Gasteiger partial charge in [0.25, 0.3) is 0 Å². The molecule has 0 heterocycles. The molecule has 3 aromatic carbocycles. The molecule has 0 spiro atoms. The van der Waals surface area contributed by atoms with E-state index in [0.29, 0.717) is 35.4 Å². The van der Waals surface area contributed by atoms with Crippen molar-refractivity contribution >= 4 is 23.3 Å². The van der Waals surface area contributed by atoms with Gasteiger partial charge in [0.15, 0.2) is 11.5 Å². The van der Waals surface area contributed by atoms with Gasteiger partial charge in [0.05, 0.1) is 23.4 Å². The molecule has 0 radical (unpaired) electrons. The van der Waals surface area contributed by atoms with Crippen molar-refractivity contribution in [2.45, 2.75) is 20.1 Å². The fourth-order valence-electron chi connectivity index (χ4n) is 2.78. The molecular weight excluding hydrogens is 390 g/mol. The number of halogens is 1. The topological polar surface area (TPSA) is 67.8 Å². The molecule has 0 bridgehead atoms. The maximum absolute atomic E-state index is 11.1. The summed E-state index contributed by atoms with van der Waals surface area (Å²) >= 11 is 6.16. The molecule has 0 aliphatic heterocycles. The van der Waals surface area contributed by atoms with Gasteiger partial charge in [-0.05, 0) is 48.4 Å². The smallest absolute Gasteiger partial charge is 0.335 e. The number of nitrogens with one attached hydrogen (secondary N) is 1. The fourth-order valence-corrected chi connectivity index (χ4v) is 2.96. The van der Waals surface area contributed by atoms with Crippen LogP contribution in [0.2, 0.25) is 5.02 Å². The Hall–Kier alpha value is -3.18. The van der Waals surface area contributed by atoms with Crippen LogP contribution in [0, 0.1) is 6.92 Å². The number of aromatic carboxylic acids is 1. The van der Waals surface area contributed by atoms with E-state index in [9.17, 15) is 4.79 Å². The van der Waals surface area contributed by atoms with Crippen LogP contribution < -0.4 is 14.8 Å². The first-order valence-corrected chi connectivity index (χ1v) is 9.46. The minimum atomic E-state index is -0.999. The van der Waals surface area contributed by atoms with Crippen molar-refractivity contribution in [2.24, 2.45) is 0 Å². The number of hydrogen-bond acceptors (Lipinski definition) is 4. The Morgan fingerprint density at radius 3 is 2.41 bits per heavy atom. The van der Waals surface area contributed by atoms with Crippen LogP contribution in [0.5, 0.6) is 11.5 Å². The van der Waals surface area contributed by atoms with Gasteiger partial charge in [-0.3, -0.25) is 0 Å². The molecule has 2 N–H and O–H groups in total. The molecule has 0 amide bonds. The number of methoxy groups -OCH3 is 1. The van der Waals surface area contributed by atoms with E-state index in [1.54, 1.807) is 13.2 Å². The zero-order valence-corrected chi connectivity index (χ0v) is 17.0. The largest absolute Gasteiger partial charge is 0.493 e. The second kappa shape index (κ2) is 9.34. The highest BCUT2D eigenvalue weighted by Gasteiger charge is 2.09. The van der Waals surface area contributed by atoms with E-state index in [-0.39, 0.29) is 5.56 Å². The van der Waals surface area contributed by atoms with Crippen molar-refractivity contribution in [3.63, 3.8) is 0 Å². The summed E-state index contributed by atoms with van der Waals surface area (Å²) in [4.78, 5) is 11.1. The minimum Gasteiger partial charge on any atom is -0.493 e. The second-order valence-electron chi connectivity index (χ2n) is 6.61. The van der Waals surface area contributed by atoms with Crippen LogP contribution in [0.4, 0.5) is 5.69 Å². The number of hydrogen-bond donors (Lipinski definition) is 2. The first-order valence-electron chi connectivity index (χ1n) is 9.08. The molecule has 0 aliphatic rings. The number of carboxylic acids is 1. The zero-order chi connectivity index (χ0) is 20.8. The monoisotopic (exact) mass is 411 g/mol. The Bertz CT molecular complexity index is 1000. The molecule has 0 unspecified atom stereocenters. The third-order valence-electron chi connectivity index (χ3n) is 4.44. The van der Waals surface area contributed by atoms with E-state index in [1.165, 1.54) is 17.7 Å². The van der Waals surface area contributed by atoms with Gasteiger partial charge in [-0.25, -0.2) is 4.79 Å². The number of carboxylic acid groups (broad SMARTS) is 1. The molecule has 0 aromatic heterocycles. The lowest BCUT2D eigenvalue weighted by molar-refractivity contribution is 0.0697. The van der Waals surface area contributed by atoms with Gasteiger partial charge in [-0.2, -0.15) is 0 Å². The maximum atomic E-state index is 11.1. The molecular formula is C23H22ClNO4. The number of anilines is 1. The first kappa shape index (κ1) is 20.6. The van der Waals surface area contributed by atoms with Gasteiger partial charge >= 0.3 is 5.97 Å². The highest BCUT2D eigenvalue weighted by Crippen LogP contribution is 2.30. The van der Waals surface area contributed by atoms with Gasteiger partial charge in [0, 0.05) is 6.54 Å². The quantitative estimate of drug-likeness (QED) is 0.509. The minimum absolute atomic E-state index is 0.175. The normalized spacial score (nSPS) is 10.4. The van der Waals surface area contributed by atoms with Gasteiger partial charge in [0.2, 0.25) is 0 Å². The molecule has 0 atom stereocenters. The summed E-state index contributed by atoms with van der Waals surface area (Å²) in [6.45, 7) is 2.95. The van der Waals surface area contributed by atoms with E-state index >= 15 is 0 Å². The molecule has 3 aromatic rings. The number of carbonyl (C=O) groups is 1. The molecule has 0 saturated heterocycles. The van der Waals surface area contributed by atoms with Crippen LogP contribution >= 0.6 is 11.6 Å². The van der Waals surface area contributed by atoms with Gasteiger partial charge in [-0.1, -0.05) is 47.5 Å². The van der Waals surface area contributed by atoms with E-state index in [2.05, 4.69) is 17.4 Å². The van der Waals surface area contributed by atoms with E-state index in [4.69, 9.17) is 26.2 Å². The lowest BCUT2D eigenvalue weighted by Crippen LogP contribution is -2.04. The van der Waals surface area contributed by atoms with Crippen LogP contribution in [-0.4, -0.2) is 18.2 Å². The zero-order valence-electron chi connectivity index (χ0n) is 16.2. The Morgan fingerprint density at radius 2 is 1.72 bits per heavy atom. The van der Waals surface area contributed by atoms with E-state index in [0.717, 1.165) is 11.1 Å². The third-order valence-corrected chi connectivity index (χ3v) is 4.77. The number of benzene rings is 3. The second-order valence-corrected chi connectivity index (χ2v) is 7.02. The summed E-state index contributed by atoms with van der Waals surface area (Å²) in [5, 5.41) is 12.8. The van der Waals surface area contributed by atoms with Crippen LogP contribution in [0.3, 0.4) is 0 Å². The molecule has 0 saturated carbocycles. The van der Waals surface area contributed by atoms with Crippen molar-refractivity contribution in [3.05, 3.63) is 87.9 Å². The summed E-state index contributed by atoms with van der Waals surface area (Å²) in [5.74, 6) is 0.283. The standard InChI is InChI=1S/C23H22ClNO4/c1-15-3-5-16(6-4-15)14-29-21-10-7-17(11-22(21)28-2)13-25-20-12-18(23(26)27)8-9-19(20)24/h3-12,25H,13-14H2,1-2H3,(H,26,27). The fraction of sp³-hybridized carbons (Fsp3) is 0.174. The lowest BCUT2D eigenvalue weighted by Gasteiger charge is -2.14. The van der Waals surface area contributed by atoms with E-state index < -0.39 is 5.97 Å². The first-order chi connectivity index (χ1) is 14.0. The summed E-state index contributed by atoms with van der Waals surface area (Å²) < 4.78 is 11.4. The highest BCUT2D eigenvalue weighted by atomic mass is 35.5. The summed E-state index contributed by atoms with van der Waals surface area (Å²) in [5.41, 5.74) is 3.97. The Morgan fingerprint density at radius 1 is 1.00 bits per heavy atom. The predicted octanol–water partition coefficient (Wildman–Crippen LogP) is 5.55. The molecule has 0 fully saturated rings. The summed E-state index contributed by atoms with van der Waals surface area (Å²) in [6, 6.07) is 18.4. The van der Waals surface area contributed by atoms with Crippen LogP contribution in [0.15, 0.2) is 60.7 Å². The SMILES string of the molecule is COc1cc(CNc2cc(C(=O)O)ccc2Cl)ccc1OCc1ccc(C)cc1. The average molecular weight is 412 g/mol. The van der Waals surface area contributed by atoms with Crippen molar-refractivity contribution in [1.29, 1.82) is 0 Å².